The Morgan fingerprint density at radius 2 is 1.47 bits per heavy atom. The zero-order valence-corrected chi connectivity index (χ0v) is 27.4. The van der Waals surface area contributed by atoms with E-state index in [1.54, 1.807) is 0 Å². The van der Waals surface area contributed by atoms with E-state index in [0.29, 0.717) is 23.9 Å². The molecule has 2 unspecified atom stereocenters. The molecular weight excluding hydrogens is 477 g/mol. The van der Waals surface area contributed by atoms with Crippen LogP contribution >= 0.6 is 0 Å². The molecule has 0 aliphatic heterocycles. The topological polar surface area (TPSA) is 35.5 Å². The average Bonchev–Trinajstić information content (AvgIpc) is 3.07. The van der Waals surface area contributed by atoms with Crippen LogP contribution in [0, 0.1) is 28.6 Å². The first kappa shape index (κ1) is 28.8. The van der Waals surface area contributed by atoms with Gasteiger partial charge in [-0.05, 0) is 111 Å². The molecule has 3 saturated carbocycles. The zero-order valence-electron chi connectivity index (χ0n) is 25.4. The average molecular weight is 533 g/mol. The van der Waals surface area contributed by atoms with Crippen molar-refractivity contribution in [3.8, 4) is 0 Å². The van der Waals surface area contributed by atoms with E-state index in [4.69, 9.17) is 8.85 Å². The summed E-state index contributed by atoms with van der Waals surface area (Å²) in [6, 6.07) is 0. The summed E-state index contributed by atoms with van der Waals surface area (Å²) in [5, 5.41) is 0.464. The Labute approximate surface area is 224 Å². The smallest absolute Gasteiger partial charge is 0.192 e. The largest absolute Gasteiger partial charge is 0.414 e. The quantitative estimate of drug-likeness (QED) is 0.201. The van der Waals surface area contributed by atoms with E-state index in [2.05, 4.69) is 80.7 Å². The molecule has 0 amide bonds. The van der Waals surface area contributed by atoms with Gasteiger partial charge in [-0.25, -0.2) is 0 Å². The van der Waals surface area contributed by atoms with Crippen LogP contribution in [0.15, 0.2) is 11.6 Å². The molecule has 0 N–H and O–H groups in total. The molecule has 0 aromatic heterocycles. The van der Waals surface area contributed by atoms with E-state index < -0.39 is 16.6 Å². The number of rotatable bonds is 5. The van der Waals surface area contributed by atoms with Crippen LogP contribution in [-0.4, -0.2) is 35.1 Å². The number of fused-ring (bicyclic) bond motifs is 5. The predicted octanol–water partition coefficient (Wildman–Crippen LogP) is 8.91. The van der Waals surface area contributed by atoms with E-state index in [1.165, 1.54) is 37.5 Å². The summed E-state index contributed by atoms with van der Waals surface area (Å²) in [4.78, 5) is 13.0. The van der Waals surface area contributed by atoms with Gasteiger partial charge in [-0.2, -0.15) is 0 Å². The molecule has 3 fully saturated rings. The second kappa shape index (κ2) is 9.16. The molecule has 36 heavy (non-hydrogen) atoms. The highest BCUT2D eigenvalue weighted by molar-refractivity contribution is 6.74. The lowest BCUT2D eigenvalue weighted by Crippen LogP contribution is -2.55. The van der Waals surface area contributed by atoms with Crippen molar-refractivity contribution in [3.63, 3.8) is 0 Å². The number of hydrogen-bond donors (Lipinski definition) is 0. The molecule has 7 atom stereocenters. The lowest BCUT2D eigenvalue weighted by atomic mass is 9.48. The molecule has 0 radical (unpaired) electrons. The third-order valence-electron chi connectivity index (χ3n) is 12.3. The van der Waals surface area contributed by atoms with Crippen molar-refractivity contribution in [2.45, 2.75) is 148 Å². The highest BCUT2D eigenvalue weighted by Crippen LogP contribution is 2.65. The third kappa shape index (κ3) is 4.60. The van der Waals surface area contributed by atoms with Crippen molar-refractivity contribution < 1.29 is 13.6 Å². The molecule has 5 heteroatoms. The lowest BCUT2D eigenvalue weighted by molar-refractivity contribution is -0.127. The van der Waals surface area contributed by atoms with Gasteiger partial charge in [0.15, 0.2) is 16.6 Å². The van der Waals surface area contributed by atoms with Gasteiger partial charge in [0.25, 0.3) is 0 Å². The van der Waals surface area contributed by atoms with Gasteiger partial charge in [-0.3, -0.25) is 0 Å². The van der Waals surface area contributed by atoms with Gasteiger partial charge in [0.1, 0.15) is 6.29 Å². The fourth-order valence-electron chi connectivity index (χ4n) is 7.92. The van der Waals surface area contributed by atoms with Crippen LogP contribution in [0.1, 0.15) is 99.8 Å². The minimum atomic E-state index is -1.81. The Morgan fingerprint density at radius 1 is 0.861 bits per heavy atom. The number of carbonyl (C=O) groups is 1. The molecule has 4 aliphatic carbocycles. The molecule has 0 bridgehead atoms. The van der Waals surface area contributed by atoms with Gasteiger partial charge >= 0.3 is 0 Å². The molecular formula is C31H56O3Si2. The lowest BCUT2D eigenvalue weighted by Gasteiger charge is -2.58. The van der Waals surface area contributed by atoms with E-state index in [-0.39, 0.29) is 27.0 Å². The van der Waals surface area contributed by atoms with Gasteiger partial charge in [0, 0.05) is 6.10 Å². The molecule has 206 valence electrons. The zero-order chi connectivity index (χ0) is 26.9. The fourth-order valence-corrected chi connectivity index (χ4v) is 10.8. The molecule has 3 nitrogen and oxygen atoms in total. The van der Waals surface area contributed by atoms with Gasteiger partial charge < -0.3 is 13.6 Å². The number of hydrogen-bond acceptors (Lipinski definition) is 3. The summed E-state index contributed by atoms with van der Waals surface area (Å²) >= 11 is 0. The molecule has 4 aliphatic rings. The first-order chi connectivity index (χ1) is 16.4. The Morgan fingerprint density at radius 3 is 2.06 bits per heavy atom. The van der Waals surface area contributed by atoms with Crippen LogP contribution in [0.2, 0.25) is 36.3 Å². The van der Waals surface area contributed by atoms with Gasteiger partial charge in [0.05, 0.1) is 11.5 Å². The summed E-state index contributed by atoms with van der Waals surface area (Å²) in [6.07, 6.45) is 13.5. The minimum Gasteiger partial charge on any atom is -0.414 e. The van der Waals surface area contributed by atoms with Crippen LogP contribution in [0.25, 0.3) is 0 Å². The summed E-state index contributed by atoms with van der Waals surface area (Å²) in [7, 11) is -3.62. The molecule has 0 heterocycles. The fraction of sp³-hybridized carbons (Fsp3) is 0.903. The Bertz CT molecular complexity index is 879. The van der Waals surface area contributed by atoms with Crippen LogP contribution < -0.4 is 0 Å². The van der Waals surface area contributed by atoms with Gasteiger partial charge in [-0.15, -0.1) is 0 Å². The maximum Gasteiger partial charge on any atom is 0.192 e. The van der Waals surface area contributed by atoms with Crippen molar-refractivity contribution >= 4 is 22.9 Å². The number of allylic oxidation sites excluding steroid dienone is 1. The highest BCUT2D eigenvalue weighted by atomic mass is 28.4. The van der Waals surface area contributed by atoms with Crippen molar-refractivity contribution in [2.24, 2.45) is 28.6 Å². The SMILES string of the molecule is CC(C)(C)[Si](C)(C)OC1CC[C@@]2(C=O)C(=CC[C@@H]3[C@H]2CC[C@]2(C)C(O[Si](C)(C)C(C)(C)C)CC[C@@H]32)C1. The summed E-state index contributed by atoms with van der Waals surface area (Å²) in [5.74, 6) is 1.82. The van der Waals surface area contributed by atoms with Crippen LogP contribution in [0.3, 0.4) is 0 Å². The van der Waals surface area contributed by atoms with Crippen LogP contribution in [-0.2, 0) is 13.6 Å². The molecule has 0 aromatic carbocycles. The molecule has 0 aromatic rings. The van der Waals surface area contributed by atoms with E-state index in [0.717, 1.165) is 25.7 Å². The Kier molecular flexibility index (Phi) is 7.32. The summed E-state index contributed by atoms with van der Waals surface area (Å²) < 4.78 is 14.0. The van der Waals surface area contributed by atoms with E-state index in [1.807, 2.05) is 0 Å². The molecule has 0 saturated heterocycles. The van der Waals surface area contributed by atoms with E-state index in [9.17, 15) is 4.79 Å². The third-order valence-corrected chi connectivity index (χ3v) is 21.3. The first-order valence-electron chi connectivity index (χ1n) is 14.9. The van der Waals surface area contributed by atoms with Crippen molar-refractivity contribution in [2.75, 3.05) is 0 Å². The maximum atomic E-state index is 13.0. The van der Waals surface area contributed by atoms with Crippen molar-refractivity contribution in [3.05, 3.63) is 11.6 Å². The standard InChI is InChI=1S/C31H56O3Si2/c1-28(2,3)35(8,9)33-23-16-19-31(21-32)22(20-23)12-13-24-25-14-15-27(30(25,7)18-17-26(24)31)34-36(10,11)29(4,5)6/h12,21,23-27H,13-20H2,1-11H3/t23?,24-,25-,26+,27?,30-,31+/m0/s1. The minimum absolute atomic E-state index is 0.220. The normalized spacial score (nSPS) is 39.6. The van der Waals surface area contributed by atoms with Gasteiger partial charge in [0.2, 0.25) is 0 Å². The summed E-state index contributed by atoms with van der Waals surface area (Å²) in [6.45, 7) is 26.1. The Balaban J connectivity index is 1.54. The second-order valence-electron chi connectivity index (χ2n) is 16.2. The van der Waals surface area contributed by atoms with Crippen LogP contribution in [0.5, 0.6) is 0 Å². The maximum absolute atomic E-state index is 13.0. The molecule has 0 spiro atoms. The van der Waals surface area contributed by atoms with Gasteiger partial charge in [-0.1, -0.05) is 60.1 Å². The monoisotopic (exact) mass is 532 g/mol. The molecule has 4 rings (SSSR count). The Hall–Kier alpha value is -0.236. The van der Waals surface area contributed by atoms with Crippen LogP contribution in [0.4, 0.5) is 0 Å². The van der Waals surface area contributed by atoms with Crippen molar-refractivity contribution in [1.82, 2.24) is 0 Å². The summed E-state index contributed by atoms with van der Waals surface area (Å²) in [5.41, 5.74) is 1.44. The first-order valence-corrected chi connectivity index (χ1v) is 20.7. The number of aldehydes is 1. The predicted molar refractivity (Wildman–Crippen MR) is 156 cm³/mol. The van der Waals surface area contributed by atoms with E-state index >= 15 is 0 Å². The number of carbonyl (C=O) groups excluding carboxylic acids is 1. The highest BCUT2D eigenvalue weighted by Gasteiger charge is 2.61. The second-order valence-corrected chi connectivity index (χ2v) is 25.7. The van der Waals surface area contributed by atoms with Crippen molar-refractivity contribution in [1.29, 1.82) is 0 Å².